The molecular weight excluding hydrogens is 290 g/mol. The molecule has 130 valence electrons. The van der Waals surface area contributed by atoms with E-state index in [1.54, 1.807) is 0 Å². The number of carbonyl (C=O) groups excluding carboxylic acids is 2. The first-order valence-electron chi connectivity index (χ1n) is 9.15. The lowest BCUT2D eigenvalue weighted by Crippen LogP contribution is -2.59. The summed E-state index contributed by atoms with van der Waals surface area (Å²) in [4.78, 5) is 23.8. The van der Waals surface area contributed by atoms with E-state index in [0.29, 0.717) is 0 Å². The molecule has 4 bridgehead atoms. The Balaban J connectivity index is 1.67. The third-order valence-corrected chi connectivity index (χ3v) is 6.61. The molecule has 4 N–H and O–H groups in total. The minimum Gasteiger partial charge on any atom is -0.352 e. The van der Waals surface area contributed by atoms with Gasteiger partial charge in [0.25, 0.3) is 0 Å². The van der Waals surface area contributed by atoms with Gasteiger partial charge in [-0.1, -0.05) is 13.8 Å². The molecule has 23 heavy (non-hydrogen) atoms. The Morgan fingerprint density at radius 3 is 1.83 bits per heavy atom. The molecule has 4 aliphatic carbocycles. The summed E-state index contributed by atoms with van der Waals surface area (Å²) >= 11 is 0. The molecule has 0 heterocycles. The smallest absolute Gasteiger partial charge is 0.312 e. The van der Waals surface area contributed by atoms with Crippen LogP contribution in [0.25, 0.3) is 0 Å². The van der Waals surface area contributed by atoms with Crippen LogP contribution in [0.3, 0.4) is 0 Å². The van der Waals surface area contributed by atoms with E-state index in [9.17, 15) is 9.59 Å². The highest BCUT2D eigenvalue weighted by molar-refractivity contribution is 5.87. The molecule has 0 aromatic rings. The molecule has 0 spiro atoms. The predicted octanol–water partition coefficient (Wildman–Crippen LogP) is 2.40. The largest absolute Gasteiger partial charge is 0.352 e. The van der Waals surface area contributed by atoms with Crippen molar-refractivity contribution in [3.05, 3.63) is 0 Å². The Hall–Kier alpha value is -1.26. The molecule has 5 nitrogen and oxygen atoms in total. The third-order valence-electron chi connectivity index (χ3n) is 6.61. The fourth-order valence-corrected chi connectivity index (χ4v) is 5.85. The van der Waals surface area contributed by atoms with Crippen LogP contribution in [0.15, 0.2) is 0 Å². The Morgan fingerprint density at radius 1 is 0.957 bits per heavy atom. The van der Waals surface area contributed by atoms with Gasteiger partial charge in [0.1, 0.15) is 6.04 Å². The molecule has 4 rings (SSSR count). The molecule has 5 heteroatoms. The summed E-state index contributed by atoms with van der Waals surface area (Å²) in [6.07, 6.45) is 7.98. The molecular formula is C18H31N3O2. The van der Waals surface area contributed by atoms with Crippen molar-refractivity contribution in [1.29, 1.82) is 0 Å². The molecule has 2 atom stereocenters. The third kappa shape index (κ3) is 3.20. The number of rotatable bonds is 5. The Kier molecular flexibility index (Phi) is 4.32. The fraction of sp³-hybridized carbons (Fsp3) is 0.889. The van der Waals surface area contributed by atoms with Crippen molar-refractivity contribution in [3.8, 4) is 0 Å². The van der Waals surface area contributed by atoms with E-state index < -0.39 is 12.1 Å². The maximum Gasteiger partial charge on any atom is 0.312 e. The van der Waals surface area contributed by atoms with Gasteiger partial charge in [0, 0.05) is 6.04 Å². The second-order valence-electron chi connectivity index (χ2n) is 8.74. The van der Waals surface area contributed by atoms with Crippen LogP contribution in [0.1, 0.15) is 59.3 Å². The van der Waals surface area contributed by atoms with Crippen LogP contribution in [0.5, 0.6) is 0 Å². The first-order chi connectivity index (χ1) is 10.8. The number of nitrogens with one attached hydrogen (secondary N) is 2. The van der Waals surface area contributed by atoms with Gasteiger partial charge in [-0.3, -0.25) is 4.79 Å². The van der Waals surface area contributed by atoms with Crippen molar-refractivity contribution < 1.29 is 9.59 Å². The monoisotopic (exact) mass is 321 g/mol. The Morgan fingerprint density at radius 2 is 1.43 bits per heavy atom. The zero-order valence-corrected chi connectivity index (χ0v) is 14.6. The summed E-state index contributed by atoms with van der Waals surface area (Å²) in [6, 6.07) is -1.02. The molecule has 4 fully saturated rings. The summed E-state index contributed by atoms with van der Waals surface area (Å²) < 4.78 is 0. The van der Waals surface area contributed by atoms with Crippen molar-refractivity contribution in [2.75, 3.05) is 0 Å². The van der Waals surface area contributed by atoms with Crippen molar-refractivity contribution >= 4 is 11.9 Å². The van der Waals surface area contributed by atoms with Crippen LogP contribution in [-0.4, -0.2) is 24.0 Å². The topological polar surface area (TPSA) is 84.2 Å². The van der Waals surface area contributed by atoms with E-state index in [2.05, 4.69) is 17.6 Å². The standard InChI is InChI=1S/C18H31N3O2/c1-10(2)15(21-17(19)23)16(22)20-11(3)18-7-12-4-13(8-18)6-14(5-12)9-18/h10-15H,4-9H2,1-3H3,(H,20,22)(H3,19,21,23)/t11-,12?,13?,14?,15+,18?/m1/s1. The van der Waals surface area contributed by atoms with Crippen LogP contribution >= 0.6 is 0 Å². The number of nitrogens with two attached hydrogens (primary N) is 1. The van der Waals surface area contributed by atoms with Gasteiger partial charge < -0.3 is 16.4 Å². The summed E-state index contributed by atoms with van der Waals surface area (Å²) in [5, 5.41) is 5.80. The van der Waals surface area contributed by atoms with Gasteiger partial charge in [0.05, 0.1) is 0 Å². The highest BCUT2D eigenvalue weighted by atomic mass is 16.2. The first kappa shape index (κ1) is 16.6. The van der Waals surface area contributed by atoms with E-state index in [1.807, 2.05) is 13.8 Å². The molecule has 4 aliphatic rings. The predicted molar refractivity (Wildman–Crippen MR) is 89.6 cm³/mol. The molecule has 0 aromatic carbocycles. The maximum absolute atomic E-state index is 12.6. The maximum atomic E-state index is 12.6. The first-order valence-corrected chi connectivity index (χ1v) is 9.15. The zero-order valence-electron chi connectivity index (χ0n) is 14.6. The lowest BCUT2D eigenvalue weighted by atomic mass is 9.48. The van der Waals surface area contributed by atoms with Gasteiger partial charge in [0.15, 0.2) is 0 Å². The average molecular weight is 321 g/mol. The number of hydrogen-bond donors (Lipinski definition) is 3. The zero-order chi connectivity index (χ0) is 16.8. The van der Waals surface area contributed by atoms with Gasteiger partial charge in [-0.2, -0.15) is 0 Å². The highest BCUT2D eigenvalue weighted by Gasteiger charge is 2.53. The molecule has 0 aliphatic heterocycles. The molecule has 0 unspecified atom stereocenters. The van der Waals surface area contributed by atoms with Crippen molar-refractivity contribution in [2.24, 2.45) is 34.8 Å². The van der Waals surface area contributed by atoms with Gasteiger partial charge in [-0.25, -0.2) is 4.79 Å². The summed E-state index contributed by atoms with van der Waals surface area (Å²) in [5.74, 6) is 2.52. The second kappa shape index (κ2) is 5.99. The van der Waals surface area contributed by atoms with E-state index >= 15 is 0 Å². The SMILES string of the molecule is CC(C)[C@H](NC(N)=O)C(=O)N[C@H](C)C12CC3CC(CC(C3)C1)C2. The average Bonchev–Trinajstić information content (AvgIpc) is 2.42. The van der Waals surface area contributed by atoms with E-state index in [0.717, 1.165) is 17.8 Å². The summed E-state index contributed by atoms with van der Waals surface area (Å²) in [6.45, 7) is 6.01. The molecule has 3 amide bonds. The van der Waals surface area contributed by atoms with Crippen molar-refractivity contribution in [3.63, 3.8) is 0 Å². The molecule has 4 saturated carbocycles. The molecule has 0 radical (unpaired) electrons. The second-order valence-corrected chi connectivity index (χ2v) is 8.74. The number of urea groups is 1. The van der Waals surface area contributed by atoms with Crippen LogP contribution in [0.4, 0.5) is 4.79 Å². The lowest BCUT2D eigenvalue weighted by molar-refractivity contribution is -0.128. The number of hydrogen-bond acceptors (Lipinski definition) is 2. The highest BCUT2D eigenvalue weighted by Crippen LogP contribution is 2.61. The summed E-state index contributed by atoms with van der Waals surface area (Å²) in [5.41, 5.74) is 5.49. The minimum atomic E-state index is -0.638. The number of amides is 3. The van der Waals surface area contributed by atoms with Gasteiger partial charge in [-0.15, -0.1) is 0 Å². The normalized spacial score (nSPS) is 37.5. The van der Waals surface area contributed by atoms with Crippen molar-refractivity contribution in [2.45, 2.75) is 71.4 Å². The van der Waals surface area contributed by atoms with E-state index in [4.69, 9.17) is 5.73 Å². The molecule has 0 saturated heterocycles. The van der Waals surface area contributed by atoms with Gasteiger partial charge in [-0.05, 0) is 74.5 Å². The summed E-state index contributed by atoms with van der Waals surface area (Å²) in [7, 11) is 0. The Labute approximate surface area is 139 Å². The quantitative estimate of drug-likeness (QED) is 0.726. The van der Waals surface area contributed by atoms with Gasteiger partial charge in [0.2, 0.25) is 5.91 Å². The van der Waals surface area contributed by atoms with Crippen LogP contribution in [-0.2, 0) is 4.79 Å². The molecule has 0 aromatic heterocycles. The van der Waals surface area contributed by atoms with E-state index in [1.165, 1.54) is 38.5 Å². The fourth-order valence-electron chi connectivity index (χ4n) is 5.85. The van der Waals surface area contributed by atoms with E-state index in [-0.39, 0.29) is 23.3 Å². The lowest BCUT2D eigenvalue weighted by Gasteiger charge is -2.59. The number of carbonyl (C=O) groups is 2. The number of primary amides is 1. The van der Waals surface area contributed by atoms with Crippen LogP contribution in [0.2, 0.25) is 0 Å². The minimum absolute atomic E-state index is 0.0195. The Bertz CT molecular complexity index is 453. The van der Waals surface area contributed by atoms with Crippen LogP contribution in [0, 0.1) is 29.1 Å². The van der Waals surface area contributed by atoms with Gasteiger partial charge >= 0.3 is 6.03 Å². The van der Waals surface area contributed by atoms with Crippen molar-refractivity contribution in [1.82, 2.24) is 10.6 Å². The van der Waals surface area contributed by atoms with Crippen LogP contribution < -0.4 is 16.4 Å².